The summed E-state index contributed by atoms with van der Waals surface area (Å²) in [7, 11) is 0. The summed E-state index contributed by atoms with van der Waals surface area (Å²) in [5.41, 5.74) is 6.78. The highest BCUT2D eigenvalue weighted by Gasteiger charge is 2.14. The molecule has 2 aromatic rings. The molecular weight excluding hydrogens is 266 g/mol. The molecule has 0 aliphatic carbocycles. The fraction of sp³-hybridized carbons (Fsp3) is 0.214. The van der Waals surface area contributed by atoms with E-state index in [4.69, 9.17) is 10.5 Å². The molecule has 0 unspecified atom stereocenters. The second-order valence-electron chi connectivity index (χ2n) is 4.27. The molecule has 4 nitrogen and oxygen atoms in total. The SMILES string of the molecule is CCn1cc(N)cc1C(=O)OCc1ccc(F)c(F)c1. The van der Waals surface area contributed by atoms with Crippen LogP contribution in [0.4, 0.5) is 14.5 Å². The topological polar surface area (TPSA) is 57.2 Å². The van der Waals surface area contributed by atoms with Crippen molar-refractivity contribution in [1.29, 1.82) is 0 Å². The number of halogens is 2. The van der Waals surface area contributed by atoms with Crippen LogP contribution in [0.25, 0.3) is 0 Å². The van der Waals surface area contributed by atoms with E-state index in [1.165, 1.54) is 12.1 Å². The van der Waals surface area contributed by atoms with Gasteiger partial charge in [0, 0.05) is 12.7 Å². The molecule has 0 spiro atoms. The van der Waals surface area contributed by atoms with E-state index in [0.29, 0.717) is 23.5 Å². The van der Waals surface area contributed by atoms with E-state index in [1.54, 1.807) is 10.8 Å². The van der Waals surface area contributed by atoms with Gasteiger partial charge in [0.15, 0.2) is 11.6 Å². The molecule has 2 rings (SSSR count). The van der Waals surface area contributed by atoms with Crippen LogP contribution in [0, 0.1) is 11.6 Å². The van der Waals surface area contributed by atoms with Crippen molar-refractivity contribution in [3.8, 4) is 0 Å². The number of aromatic nitrogens is 1. The molecule has 1 heterocycles. The smallest absolute Gasteiger partial charge is 0.355 e. The standard InChI is InChI=1S/C14H14F2N2O2/c1-2-18-7-10(17)6-13(18)14(19)20-8-9-3-4-11(15)12(16)5-9/h3-7H,2,8,17H2,1H3. The number of ether oxygens (including phenoxy) is 1. The zero-order valence-corrected chi connectivity index (χ0v) is 10.9. The Bertz CT molecular complexity index is 638. The second-order valence-corrected chi connectivity index (χ2v) is 4.27. The van der Waals surface area contributed by atoms with Gasteiger partial charge < -0.3 is 15.0 Å². The lowest BCUT2D eigenvalue weighted by Crippen LogP contribution is -2.11. The number of hydrogen-bond acceptors (Lipinski definition) is 3. The first-order valence-corrected chi connectivity index (χ1v) is 6.08. The van der Waals surface area contributed by atoms with Crippen molar-refractivity contribution in [2.75, 3.05) is 5.73 Å². The van der Waals surface area contributed by atoms with E-state index in [9.17, 15) is 13.6 Å². The highest BCUT2D eigenvalue weighted by Crippen LogP contribution is 2.14. The van der Waals surface area contributed by atoms with Crippen molar-refractivity contribution < 1.29 is 18.3 Å². The Labute approximate surface area is 114 Å². The molecule has 0 aliphatic rings. The Hall–Kier alpha value is -2.37. The quantitative estimate of drug-likeness (QED) is 0.876. The normalized spacial score (nSPS) is 10.6. The highest BCUT2D eigenvalue weighted by atomic mass is 19.2. The summed E-state index contributed by atoms with van der Waals surface area (Å²) in [5, 5.41) is 0. The number of nitrogens with zero attached hydrogens (tertiary/aromatic N) is 1. The molecule has 0 fully saturated rings. The zero-order valence-electron chi connectivity index (χ0n) is 10.9. The van der Waals surface area contributed by atoms with Gasteiger partial charge in [-0.05, 0) is 30.7 Å². The zero-order chi connectivity index (χ0) is 14.7. The minimum absolute atomic E-state index is 0.134. The fourth-order valence-electron chi connectivity index (χ4n) is 1.82. The molecule has 0 amide bonds. The number of aryl methyl sites for hydroxylation is 1. The van der Waals surface area contributed by atoms with Crippen molar-refractivity contribution in [3.05, 3.63) is 53.4 Å². The van der Waals surface area contributed by atoms with Gasteiger partial charge >= 0.3 is 5.97 Å². The van der Waals surface area contributed by atoms with E-state index in [-0.39, 0.29) is 6.61 Å². The summed E-state index contributed by atoms with van der Waals surface area (Å²) in [6.07, 6.45) is 1.63. The van der Waals surface area contributed by atoms with Crippen molar-refractivity contribution in [3.63, 3.8) is 0 Å². The molecule has 0 atom stereocenters. The van der Waals surface area contributed by atoms with Gasteiger partial charge in [-0.3, -0.25) is 0 Å². The Morgan fingerprint density at radius 2 is 2.05 bits per heavy atom. The minimum Gasteiger partial charge on any atom is -0.456 e. The van der Waals surface area contributed by atoms with E-state index in [2.05, 4.69) is 0 Å². The van der Waals surface area contributed by atoms with Crippen LogP contribution in [0.1, 0.15) is 23.0 Å². The van der Waals surface area contributed by atoms with Crippen LogP contribution in [0.3, 0.4) is 0 Å². The number of anilines is 1. The number of hydrogen-bond donors (Lipinski definition) is 1. The Balaban J connectivity index is 2.06. The predicted molar refractivity (Wildman–Crippen MR) is 70.0 cm³/mol. The minimum atomic E-state index is -0.972. The van der Waals surface area contributed by atoms with Crippen molar-refractivity contribution in [1.82, 2.24) is 4.57 Å². The van der Waals surface area contributed by atoms with Crippen molar-refractivity contribution >= 4 is 11.7 Å². The number of carbonyl (C=O) groups is 1. The lowest BCUT2D eigenvalue weighted by molar-refractivity contribution is 0.0459. The average molecular weight is 280 g/mol. The predicted octanol–water partition coefficient (Wildman–Crippen LogP) is 2.73. The van der Waals surface area contributed by atoms with Crippen LogP contribution in [-0.2, 0) is 17.9 Å². The monoisotopic (exact) mass is 280 g/mol. The molecule has 0 radical (unpaired) electrons. The maximum atomic E-state index is 13.0. The molecule has 1 aromatic carbocycles. The van der Waals surface area contributed by atoms with Gasteiger partial charge in [-0.15, -0.1) is 0 Å². The van der Waals surface area contributed by atoms with Crippen molar-refractivity contribution in [2.45, 2.75) is 20.1 Å². The maximum Gasteiger partial charge on any atom is 0.355 e. The largest absolute Gasteiger partial charge is 0.456 e. The molecular formula is C14H14F2N2O2. The molecule has 0 aliphatic heterocycles. The molecule has 2 N–H and O–H groups in total. The third-order valence-electron chi connectivity index (χ3n) is 2.82. The Kier molecular flexibility index (Phi) is 4.02. The first-order chi connectivity index (χ1) is 9.51. The van der Waals surface area contributed by atoms with E-state index < -0.39 is 17.6 Å². The summed E-state index contributed by atoms with van der Waals surface area (Å²) < 4.78 is 32.5. The Morgan fingerprint density at radius 1 is 1.30 bits per heavy atom. The average Bonchev–Trinajstić information content (AvgIpc) is 2.81. The molecule has 1 aromatic heterocycles. The summed E-state index contributed by atoms with van der Waals surface area (Å²) in [6.45, 7) is 2.31. The lowest BCUT2D eigenvalue weighted by Gasteiger charge is -2.07. The van der Waals surface area contributed by atoms with Gasteiger partial charge in [-0.1, -0.05) is 6.07 Å². The third-order valence-corrected chi connectivity index (χ3v) is 2.82. The van der Waals surface area contributed by atoms with Crippen LogP contribution < -0.4 is 5.73 Å². The fourth-order valence-corrected chi connectivity index (χ4v) is 1.82. The molecule has 6 heteroatoms. The Morgan fingerprint density at radius 3 is 2.70 bits per heavy atom. The van der Waals surface area contributed by atoms with Gasteiger partial charge in [0.05, 0.1) is 5.69 Å². The number of rotatable bonds is 4. The first kappa shape index (κ1) is 14.0. The third kappa shape index (κ3) is 2.96. The summed E-state index contributed by atoms with van der Waals surface area (Å²) in [5.74, 6) is -2.47. The lowest BCUT2D eigenvalue weighted by atomic mass is 10.2. The maximum absolute atomic E-state index is 13.0. The number of nitrogens with two attached hydrogens (primary N) is 1. The van der Waals surface area contributed by atoms with E-state index >= 15 is 0 Å². The number of benzene rings is 1. The van der Waals surface area contributed by atoms with Crippen LogP contribution in [0.15, 0.2) is 30.5 Å². The number of esters is 1. The van der Waals surface area contributed by atoms with E-state index in [1.807, 2.05) is 6.92 Å². The van der Waals surface area contributed by atoms with Crippen LogP contribution in [-0.4, -0.2) is 10.5 Å². The van der Waals surface area contributed by atoms with Gasteiger partial charge in [-0.25, -0.2) is 13.6 Å². The van der Waals surface area contributed by atoms with Gasteiger partial charge in [0.25, 0.3) is 0 Å². The summed E-state index contributed by atoms with van der Waals surface area (Å²) in [6, 6.07) is 4.86. The molecule has 106 valence electrons. The van der Waals surface area contributed by atoms with Gasteiger partial charge in [-0.2, -0.15) is 0 Å². The molecule has 0 saturated heterocycles. The summed E-state index contributed by atoms with van der Waals surface area (Å²) in [4.78, 5) is 11.9. The molecule has 0 bridgehead atoms. The highest BCUT2D eigenvalue weighted by molar-refractivity contribution is 5.89. The number of nitrogen functional groups attached to an aromatic ring is 1. The second kappa shape index (κ2) is 5.73. The van der Waals surface area contributed by atoms with Crippen molar-refractivity contribution in [2.24, 2.45) is 0 Å². The molecule has 0 saturated carbocycles. The molecule has 20 heavy (non-hydrogen) atoms. The van der Waals surface area contributed by atoms with Crippen LogP contribution >= 0.6 is 0 Å². The first-order valence-electron chi connectivity index (χ1n) is 6.08. The summed E-state index contributed by atoms with van der Waals surface area (Å²) >= 11 is 0. The van der Waals surface area contributed by atoms with Gasteiger partial charge in [0.2, 0.25) is 0 Å². The van der Waals surface area contributed by atoms with Gasteiger partial charge in [0.1, 0.15) is 12.3 Å². The van der Waals surface area contributed by atoms with Crippen LogP contribution in [0.5, 0.6) is 0 Å². The van der Waals surface area contributed by atoms with E-state index in [0.717, 1.165) is 12.1 Å². The van der Waals surface area contributed by atoms with Crippen LogP contribution in [0.2, 0.25) is 0 Å². The number of carbonyl (C=O) groups excluding carboxylic acids is 1.